The second-order valence-electron chi connectivity index (χ2n) is 11.9. The lowest BCUT2D eigenvalue weighted by atomic mass is 9.82. The zero-order valence-corrected chi connectivity index (χ0v) is 24.6. The Bertz CT molecular complexity index is 1400. The predicted octanol–water partition coefficient (Wildman–Crippen LogP) is 7.57. The number of amides is 1. The third kappa shape index (κ3) is 7.87. The van der Waals surface area contributed by atoms with E-state index in [2.05, 4.69) is 36.5 Å². The van der Waals surface area contributed by atoms with Crippen molar-refractivity contribution in [3.05, 3.63) is 101 Å². The Balaban J connectivity index is 1.10. The zero-order chi connectivity index (χ0) is 29.3. The predicted molar refractivity (Wildman–Crippen MR) is 167 cm³/mol. The number of carbonyl (C=O) groups excluding carboxylic acids is 1. The van der Waals surface area contributed by atoms with Crippen molar-refractivity contribution in [3.63, 3.8) is 0 Å². The van der Waals surface area contributed by atoms with Crippen LogP contribution in [0.15, 0.2) is 89.1 Å². The van der Waals surface area contributed by atoms with Gasteiger partial charge in [-0.3, -0.25) is 9.79 Å². The first kappa shape index (κ1) is 29.6. The number of benzene rings is 2. The highest BCUT2D eigenvalue weighted by Gasteiger charge is 2.27. The van der Waals surface area contributed by atoms with E-state index in [-0.39, 0.29) is 11.5 Å². The van der Waals surface area contributed by atoms with E-state index in [0.29, 0.717) is 36.7 Å². The molecule has 6 heteroatoms. The first-order valence-corrected chi connectivity index (χ1v) is 15.4. The molecule has 5 rings (SSSR count). The zero-order valence-electron chi connectivity index (χ0n) is 24.6. The van der Waals surface area contributed by atoms with E-state index in [1.54, 1.807) is 18.2 Å². The molecule has 42 heavy (non-hydrogen) atoms. The van der Waals surface area contributed by atoms with E-state index in [1.165, 1.54) is 17.7 Å². The van der Waals surface area contributed by atoms with Gasteiger partial charge in [-0.05, 0) is 98.1 Å². The topological polar surface area (TPSA) is 88.0 Å². The molecule has 1 fully saturated rings. The van der Waals surface area contributed by atoms with Crippen LogP contribution < -0.4 is 10.1 Å². The lowest BCUT2D eigenvalue weighted by Gasteiger charge is -2.26. The van der Waals surface area contributed by atoms with Crippen LogP contribution >= 0.6 is 0 Å². The summed E-state index contributed by atoms with van der Waals surface area (Å²) in [6.45, 7) is 3.44. The summed E-state index contributed by atoms with van der Waals surface area (Å²) in [5, 5.41) is 12.4. The molecule has 0 saturated heterocycles. The molecule has 3 aliphatic rings. The normalized spacial score (nSPS) is 21.3. The molecule has 0 aromatic heterocycles. The number of ether oxygens (including phenoxy) is 1. The quantitative estimate of drug-likeness (QED) is 0.290. The van der Waals surface area contributed by atoms with Crippen molar-refractivity contribution in [2.75, 3.05) is 13.2 Å². The van der Waals surface area contributed by atoms with Crippen LogP contribution in [0, 0.1) is 17.8 Å². The number of carbonyl (C=O) groups is 2. The van der Waals surface area contributed by atoms with Crippen LogP contribution in [0.3, 0.4) is 0 Å². The maximum Gasteiger partial charge on any atom is 0.335 e. The fourth-order valence-corrected chi connectivity index (χ4v) is 6.37. The van der Waals surface area contributed by atoms with Gasteiger partial charge in [-0.25, -0.2) is 4.79 Å². The second kappa shape index (κ2) is 14.3. The molecule has 3 unspecified atom stereocenters. The van der Waals surface area contributed by atoms with Crippen molar-refractivity contribution in [2.24, 2.45) is 22.7 Å². The van der Waals surface area contributed by atoms with Gasteiger partial charge in [0.05, 0.1) is 18.7 Å². The van der Waals surface area contributed by atoms with Crippen LogP contribution in [0.2, 0.25) is 0 Å². The largest absolute Gasteiger partial charge is 0.493 e. The Labute approximate surface area is 249 Å². The minimum Gasteiger partial charge on any atom is -0.493 e. The Morgan fingerprint density at radius 3 is 2.71 bits per heavy atom. The van der Waals surface area contributed by atoms with E-state index in [1.807, 2.05) is 30.3 Å². The third-order valence-corrected chi connectivity index (χ3v) is 8.94. The highest BCUT2D eigenvalue weighted by Crippen LogP contribution is 2.34. The monoisotopic (exact) mass is 566 g/mol. The molecule has 2 aromatic rings. The van der Waals surface area contributed by atoms with Crippen molar-refractivity contribution >= 4 is 17.6 Å². The summed E-state index contributed by atoms with van der Waals surface area (Å²) in [4.78, 5) is 29.4. The molecule has 0 bridgehead atoms. The number of allylic oxidation sites excluding steroid dienone is 5. The summed E-state index contributed by atoms with van der Waals surface area (Å²) in [5.41, 5.74) is 5.41. The average Bonchev–Trinajstić information content (AvgIpc) is 3.27. The number of aliphatic imine (C=N–C) groups is 1. The summed E-state index contributed by atoms with van der Waals surface area (Å²) < 4.78 is 5.99. The number of dihydropyridines is 1. The molecular weight excluding hydrogens is 524 g/mol. The molecule has 2 N–H and O–H groups in total. The molecule has 3 atom stereocenters. The van der Waals surface area contributed by atoms with Crippen LogP contribution in [-0.4, -0.2) is 35.8 Å². The van der Waals surface area contributed by atoms with Gasteiger partial charge in [0.25, 0.3) is 5.91 Å². The van der Waals surface area contributed by atoms with E-state index in [0.717, 1.165) is 68.2 Å². The summed E-state index contributed by atoms with van der Waals surface area (Å²) in [7, 11) is 0. The molecule has 1 heterocycles. The molecule has 1 saturated carbocycles. The molecular formula is C36H42N2O4. The number of hydrogen-bond acceptors (Lipinski definition) is 4. The lowest BCUT2D eigenvalue weighted by molar-refractivity contribution is 0.0696. The summed E-state index contributed by atoms with van der Waals surface area (Å²) >= 11 is 0. The van der Waals surface area contributed by atoms with Gasteiger partial charge in [0.1, 0.15) is 5.75 Å². The van der Waals surface area contributed by atoms with E-state index >= 15 is 0 Å². The lowest BCUT2D eigenvalue weighted by Crippen LogP contribution is -2.29. The fraction of sp³-hybridized carbons (Fsp3) is 0.417. The van der Waals surface area contributed by atoms with Gasteiger partial charge in [0, 0.05) is 23.4 Å². The number of carboxylic acid groups (broad SMARTS) is 1. The maximum absolute atomic E-state index is 13.2. The van der Waals surface area contributed by atoms with Crippen molar-refractivity contribution in [1.82, 2.24) is 5.32 Å². The number of rotatable bonds is 10. The Morgan fingerprint density at radius 1 is 1.05 bits per heavy atom. The third-order valence-electron chi connectivity index (χ3n) is 8.94. The van der Waals surface area contributed by atoms with Gasteiger partial charge >= 0.3 is 5.97 Å². The Morgan fingerprint density at radius 2 is 1.93 bits per heavy atom. The molecule has 0 spiro atoms. The Kier molecular flexibility index (Phi) is 10.1. The Hall–Kier alpha value is -3.93. The number of carboxylic acids is 1. The smallest absolute Gasteiger partial charge is 0.335 e. The first-order valence-electron chi connectivity index (χ1n) is 15.4. The minimum atomic E-state index is -0.937. The maximum atomic E-state index is 13.2. The number of hydrogen-bond donors (Lipinski definition) is 2. The second-order valence-corrected chi connectivity index (χ2v) is 11.9. The molecule has 2 aliphatic carbocycles. The number of nitrogens with one attached hydrogen (secondary N) is 1. The molecule has 220 valence electrons. The van der Waals surface area contributed by atoms with Crippen molar-refractivity contribution in [3.8, 4) is 5.75 Å². The molecule has 1 amide bonds. The average molecular weight is 567 g/mol. The van der Waals surface area contributed by atoms with Gasteiger partial charge in [-0.1, -0.05) is 61.9 Å². The number of nitrogens with zero attached hydrogens (tertiary/aromatic N) is 1. The van der Waals surface area contributed by atoms with Crippen molar-refractivity contribution in [1.29, 1.82) is 0 Å². The van der Waals surface area contributed by atoms with Crippen LogP contribution in [-0.2, 0) is 6.42 Å². The standard InChI is InChI=1S/C36H42N2O4/c1-25(28-13-7-11-27(17-18-28)24-42-32-15-8-14-30(22-32)36(40)41)34-20-19-31(23-37-34)38-35(39)33-16-6-5-12-29(33)21-26-9-3-2-4-10-26/h3,5-6,8-10,12,14-16,19,22,25,27-28H,2,4,7,11,13,17-18,20-21,23-24H2,1H3,(H,38,39)(H,40,41). The van der Waals surface area contributed by atoms with E-state index < -0.39 is 5.97 Å². The molecule has 1 aliphatic heterocycles. The molecule has 2 aromatic carbocycles. The van der Waals surface area contributed by atoms with Gasteiger partial charge in [-0.2, -0.15) is 0 Å². The summed E-state index contributed by atoms with van der Waals surface area (Å²) in [6, 6.07) is 14.6. The first-order chi connectivity index (χ1) is 20.5. The van der Waals surface area contributed by atoms with Gasteiger partial charge in [0.15, 0.2) is 0 Å². The SMILES string of the molecule is CC(C1=NCC(NC(=O)c2ccccc2CC2=CCCC=C2)=CC1)C1CCCC(COc2cccc(C(=O)O)c2)CC1. The number of aromatic carboxylic acids is 1. The summed E-state index contributed by atoms with van der Waals surface area (Å²) in [6.07, 6.45) is 18.2. The van der Waals surface area contributed by atoms with Crippen LogP contribution in [0.5, 0.6) is 5.75 Å². The highest BCUT2D eigenvalue weighted by atomic mass is 16.5. The van der Waals surface area contributed by atoms with Crippen LogP contribution in [0.1, 0.15) is 84.6 Å². The van der Waals surface area contributed by atoms with Crippen LogP contribution in [0.25, 0.3) is 0 Å². The van der Waals surface area contributed by atoms with Crippen LogP contribution in [0.4, 0.5) is 0 Å². The highest BCUT2D eigenvalue weighted by molar-refractivity contribution is 5.97. The van der Waals surface area contributed by atoms with E-state index in [9.17, 15) is 14.7 Å². The minimum absolute atomic E-state index is 0.0596. The molecule has 6 nitrogen and oxygen atoms in total. The van der Waals surface area contributed by atoms with Gasteiger partial charge < -0.3 is 15.2 Å². The fourth-order valence-electron chi connectivity index (χ4n) is 6.37. The van der Waals surface area contributed by atoms with E-state index in [4.69, 9.17) is 9.73 Å². The molecule has 0 radical (unpaired) electrons. The summed E-state index contributed by atoms with van der Waals surface area (Å²) in [5.74, 6) is 1.09. The van der Waals surface area contributed by atoms with Gasteiger partial charge in [0.2, 0.25) is 0 Å². The van der Waals surface area contributed by atoms with Gasteiger partial charge in [-0.15, -0.1) is 0 Å². The van der Waals surface area contributed by atoms with Crippen molar-refractivity contribution < 1.29 is 19.4 Å². The van der Waals surface area contributed by atoms with Crippen molar-refractivity contribution in [2.45, 2.75) is 64.7 Å².